The molecule has 8 aliphatic carbocycles. The van der Waals surface area contributed by atoms with Crippen LogP contribution in [0, 0.1) is 0 Å². The number of aromatic hydroxyl groups is 2. The SMILES string of the molecule is CCCCCC1(C)c2ccc(cc2)-c2ccc(cc2)C2(CCCCC2)c2ccc(cc2)C(CC(=O)CC(=O)CCSc2ccc(O)cc2)(Sc2ccc(O)cc2)c2ccc1cc2. The van der Waals surface area contributed by atoms with Crippen LogP contribution in [0.4, 0.5) is 0 Å². The van der Waals surface area contributed by atoms with Gasteiger partial charge in [-0.05, 0) is 112 Å². The normalized spacial score (nSPS) is 19.0. The molecule has 6 heteroatoms. The maximum Gasteiger partial charge on any atom is 0.142 e. The molecule has 6 aromatic rings. The number of carbonyl (C=O) groups is 2. The Morgan fingerprint density at radius 2 is 1.02 bits per heavy atom. The fraction of sp³-hybridized carbons (Fsp3) is 0.321. The highest BCUT2D eigenvalue weighted by molar-refractivity contribution is 8.00. The molecule has 0 aliphatic heterocycles. The van der Waals surface area contributed by atoms with Gasteiger partial charge < -0.3 is 10.2 Å². The Labute approximate surface area is 376 Å². The summed E-state index contributed by atoms with van der Waals surface area (Å²) in [7, 11) is 0. The Balaban J connectivity index is 1.25. The number of phenols is 2. The Hall–Kier alpha value is -5.04. The second-order valence-electron chi connectivity index (χ2n) is 17.7. The van der Waals surface area contributed by atoms with Gasteiger partial charge in [0.15, 0.2) is 0 Å². The molecule has 8 bridgehead atoms. The van der Waals surface area contributed by atoms with Crippen molar-refractivity contribution < 1.29 is 19.8 Å². The summed E-state index contributed by atoms with van der Waals surface area (Å²) >= 11 is 3.17. The molecule has 2 unspecified atom stereocenters. The van der Waals surface area contributed by atoms with E-state index >= 15 is 0 Å². The summed E-state index contributed by atoms with van der Waals surface area (Å²) in [5.41, 5.74) is 9.29. The predicted octanol–water partition coefficient (Wildman–Crippen LogP) is 14.4. The van der Waals surface area contributed by atoms with Crippen molar-refractivity contribution in [2.45, 2.75) is 116 Å². The second kappa shape index (κ2) is 19.1. The average Bonchev–Trinajstić information content (AvgIpc) is 3.30. The summed E-state index contributed by atoms with van der Waals surface area (Å²) in [5, 5.41) is 20.0. The minimum Gasteiger partial charge on any atom is -0.508 e. The van der Waals surface area contributed by atoms with Gasteiger partial charge in [0.25, 0.3) is 0 Å². The maximum absolute atomic E-state index is 14.5. The highest BCUT2D eigenvalue weighted by Crippen LogP contribution is 2.52. The van der Waals surface area contributed by atoms with Crippen LogP contribution in [0.25, 0.3) is 11.1 Å². The number of thioether (sulfide) groups is 2. The van der Waals surface area contributed by atoms with E-state index in [1.807, 2.05) is 24.3 Å². The minimum absolute atomic E-state index is 0.0769. The molecule has 0 aromatic heterocycles. The number of unbranched alkanes of at least 4 members (excludes halogenated alkanes) is 2. The molecule has 14 rings (SSSR count). The fourth-order valence-electron chi connectivity index (χ4n) is 9.97. The van der Waals surface area contributed by atoms with Crippen LogP contribution in [-0.2, 0) is 25.2 Å². The Bertz CT molecular complexity index is 2430. The first kappa shape index (κ1) is 43.6. The van der Waals surface area contributed by atoms with Crippen molar-refractivity contribution >= 4 is 35.1 Å². The average molecular weight is 859 g/mol. The Morgan fingerprint density at radius 3 is 1.55 bits per heavy atom. The number of phenolic OH excluding ortho intramolecular Hbond substituents is 2. The Kier molecular flexibility index (Phi) is 13.5. The summed E-state index contributed by atoms with van der Waals surface area (Å²) < 4.78 is -0.878. The molecule has 0 heterocycles. The van der Waals surface area contributed by atoms with E-state index in [-0.39, 0.29) is 53.2 Å². The van der Waals surface area contributed by atoms with E-state index in [1.165, 1.54) is 52.6 Å². The van der Waals surface area contributed by atoms with Crippen molar-refractivity contribution in [2.75, 3.05) is 5.75 Å². The summed E-state index contributed by atoms with van der Waals surface area (Å²) in [5.74, 6) is 0.767. The smallest absolute Gasteiger partial charge is 0.142 e. The molecule has 0 radical (unpaired) electrons. The van der Waals surface area contributed by atoms with Crippen molar-refractivity contribution in [1.29, 1.82) is 0 Å². The molecule has 2 atom stereocenters. The van der Waals surface area contributed by atoms with Gasteiger partial charge >= 0.3 is 0 Å². The molecule has 0 amide bonds. The van der Waals surface area contributed by atoms with Crippen molar-refractivity contribution in [3.63, 3.8) is 0 Å². The van der Waals surface area contributed by atoms with Gasteiger partial charge in [0, 0.05) is 39.2 Å². The first-order valence-electron chi connectivity index (χ1n) is 22.5. The van der Waals surface area contributed by atoms with E-state index in [4.69, 9.17) is 0 Å². The van der Waals surface area contributed by atoms with E-state index < -0.39 is 4.75 Å². The third-order valence-corrected chi connectivity index (χ3v) is 16.1. The zero-order chi connectivity index (χ0) is 43.2. The molecule has 318 valence electrons. The summed E-state index contributed by atoms with van der Waals surface area (Å²) in [6, 6.07) is 50.9. The van der Waals surface area contributed by atoms with Gasteiger partial charge in [-0.15, -0.1) is 23.5 Å². The van der Waals surface area contributed by atoms with E-state index in [1.54, 1.807) is 47.8 Å². The monoisotopic (exact) mass is 858 g/mol. The highest BCUT2D eigenvalue weighted by atomic mass is 32.2. The first-order chi connectivity index (χ1) is 30.1. The Morgan fingerprint density at radius 1 is 0.548 bits per heavy atom. The standard InChI is InChI=1S/C56H58O4S2/c1-3-4-6-34-54(2)42-13-9-40(10-14-42)41-11-15-44(16-12-41)55(35-7-5-8-36-55)45-19-23-47(24-20-45)56(46-21-17-43(54)18-22-46,62-53-31-27-49(58)28-32-53)39-51(60)38-50(59)33-37-61-52-29-25-48(57)26-30-52/h9-32,57-58H,3-8,33-39H2,1-2H3. The summed E-state index contributed by atoms with van der Waals surface area (Å²) in [6.45, 7) is 4.63. The third-order valence-electron chi connectivity index (χ3n) is 13.6. The summed E-state index contributed by atoms with van der Waals surface area (Å²) in [4.78, 5) is 30.0. The van der Waals surface area contributed by atoms with Gasteiger partial charge in [0.1, 0.15) is 23.1 Å². The van der Waals surface area contributed by atoms with Crippen LogP contribution >= 0.6 is 23.5 Å². The molecule has 6 aromatic carbocycles. The van der Waals surface area contributed by atoms with Gasteiger partial charge in [0.05, 0.1) is 11.2 Å². The molecule has 1 spiro atoms. The number of rotatable bonds is 14. The molecule has 8 aliphatic rings. The minimum atomic E-state index is -0.878. The number of benzene rings is 6. The predicted molar refractivity (Wildman–Crippen MR) is 257 cm³/mol. The number of Topliss-reactive ketones (excluding diaryl/α,β-unsaturated/α-hetero) is 2. The van der Waals surface area contributed by atoms with Crippen LogP contribution in [0.15, 0.2) is 155 Å². The van der Waals surface area contributed by atoms with Crippen LogP contribution in [0.5, 0.6) is 11.5 Å². The van der Waals surface area contributed by atoms with Crippen LogP contribution in [0.1, 0.15) is 124 Å². The van der Waals surface area contributed by atoms with Gasteiger partial charge in [0.2, 0.25) is 0 Å². The number of carbonyl (C=O) groups excluding carboxylic acids is 2. The van der Waals surface area contributed by atoms with Gasteiger partial charge in [-0.1, -0.05) is 149 Å². The van der Waals surface area contributed by atoms with E-state index in [2.05, 4.69) is 111 Å². The molecule has 4 nitrogen and oxygen atoms in total. The zero-order valence-electron chi connectivity index (χ0n) is 36.1. The topological polar surface area (TPSA) is 74.6 Å². The van der Waals surface area contributed by atoms with Gasteiger partial charge in [-0.2, -0.15) is 0 Å². The largest absolute Gasteiger partial charge is 0.508 e. The summed E-state index contributed by atoms with van der Waals surface area (Å²) in [6.07, 6.45) is 10.4. The van der Waals surface area contributed by atoms with Crippen LogP contribution in [-0.4, -0.2) is 27.5 Å². The molecular weight excluding hydrogens is 801 g/mol. The van der Waals surface area contributed by atoms with Crippen molar-refractivity contribution in [3.05, 3.63) is 179 Å². The molecule has 1 saturated carbocycles. The lowest BCUT2D eigenvalue weighted by Gasteiger charge is -2.40. The lowest BCUT2D eigenvalue weighted by molar-refractivity contribution is -0.127. The molecular formula is C56H58O4S2. The third kappa shape index (κ3) is 9.33. The van der Waals surface area contributed by atoms with E-state index in [9.17, 15) is 19.8 Å². The van der Waals surface area contributed by atoms with Gasteiger partial charge in [-0.25, -0.2) is 0 Å². The van der Waals surface area contributed by atoms with Gasteiger partial charge in [-0.3, -0.25) is 9.59 Å². The van der Waals surface area contributed by atoms with E-state index in [0.717, 1.165) is 59.4 Å². The molecule has 62 heavy (non-hydrogen) atoms. The second-order valence-corrected chi connectivity index (χ2v) is 20.2. The zero-order valence-corrected chi connectivity index (χ0v) is 37.7. The van der Waals surface area contributed by atoms with Crippen LogP contribution in [0.2, 0.25) is 0 Å². The molecule has 0 saturated heterocycles. The van der Waals surface area contributed by atoms with Crippen LogP contribution in [0.3, 0.4) is 0 Å². The van der Waals surface area contributed by atoms with Crippen molar-refractivity contribution in [2.24, 2.45) is 0 Å². The van der Waals surface area contributed by atoms with Crippen molar-refractivity contribution in [1.82, 2.24) is 0 Å². The maximum atomic E-state index is 14.5. The molecule has 2 N–H and O–H groups in total. The first-order valence-corrected chi connectivity index (χ1v) is 24.3. The highest BCUT2D eigenvalue weighted by Gasteiger charge is 2.41. The fourth-order valence-corrected chi connectivity index (χ4v) is 12.3. The lowest BCUT2D eigenvalue weighted by Crippen LogP contribution is -2.31. The van der Waals surface area contributed by atoms with Crippen LogP contribution < -0.4 is 0 Å². The lowest BCUT2D eigenvalue weighted by atomic mass is 9.65. The van der Waals surface area contributed by atoms with E-state index in [0.29, 0.717) is 5.75 Å². The molecule has 1 fully saturated rings. The quantitative estimate of drug-likeness (QED) is 0.0646. The number of hydrogen-bond acceptors (Lipinski definition) is 6. The van der Waals surface area contributed by atoms with Crippen molar-refractivity contribution in [3.8, 4) is 22.6 Å². The number of ketones is 2. The number of hydrogen-bond donors (Lipinski definition) is 2.